The number of aryl methyl sites for hydroxylation is 1. The highest BCUT2D eigenvalue weighted by Crippen LogP contribution is 2.26. The number of anilines is 1. The summed E-state index contributed by atoms with van der Waals surface area (Å²) in [5.74, 6) is 0. The Morgan fingerprint density at radius 2 is 1.33 bits per heavy atom. The molecule has 0 saturated heterocycles. The number of hydrogen-bond acceptors (Lipinski definition) is 3. The van der Waals surface area contributed by atoms with Crippen molar-refractivity contribution in [3.8, 4) is 0 Å². The second-order valence-electron chi connectivity index (χ2n) is 4.06. The van der Waals surface area contributed by atoms with E-state index in [0.29, 0.717) is 0 Å². The Bertz CT molecular complexity index is 462. The predicted molar refractivity (Wildman–Crippen MR) is 118 cm³/mol. The molecule has 1 aromatic heterocycles. The highest BCUT2D eigenvalue weighted by molar-refractivity contribution is 7.15. The monoisotopic (exact) mass is 354 g/mol. The van der Waals surface area contributed by atoms with E-state index in [1.165, 1.54) is 10.4 Å². The lowest BCUT2D eigenvalue weighted by Gasteiger charge is -2.05. The molecule has 1 heterocycles. The normalized spacial score (nSPS) is 7.71. The number of rotatable bonds is 3. The van der Waals surface area contributed by atoms with Crippen LogP contribution in [0.1, 0.15) is 72.5 Å². The minimum absolute atomic E-state index is 0. The van der Waals surface area contributed by atoms with Crippen molar-refractivity contribution < 1.29 is 0 Å². The van der Waals surface area contributed by atoms with Crippen LogP contribution in [0.3, 0.4) is 0 Å². The molecule has 3 heteroatoms. The maximum absolute atomic E-state index is 4.55. The van der Waals surface area contributed by atoms with Gasteiger partial charge in [-0.25, -0.2) is 4.98 Å². The third-order valence-electron chi connectivity index (χ3n) is 2.47. The lowest BCUT2D eigenvalue weighted by molar-refractivity contribution is 1.07. The van der Waals surface area contributed by atoms with Crippen LogP contribution < -0.4 is 4.90 Å². The van der Waals surface area contributed by atoms with E-state index in [2.05, 4.69) is 41.1 Å². The van der Waals surface area contributed by atoms with Crippen molar-refractivity contribution in [3.63, 3.8) is 0 Å². The van der Waals surface area contributed by atoms with E-state index < -0.39 is 0 Å². The molecular formula is C21H42N2S. The molecule has 0 saturated carbocycles. The van der Waals surface area contributed by atoms with E-state index in [9.17, 15) is 0 Å². The van der Waals surface area contributed by atoms with E-state index in [1.807, 2.05) is 61.7 Å². The summed E-state index contributed by atoms with van der Waals surface area (Å²) in [6, 6.07) is 10.5. The maximum atomic E-state index is 4.55. The predicted octanol–water partition coefficient (Wildman–Crippen LogP) is 7.46. The first kappa shape index (κ1) is 30.5. The Morgan fingerprint density at radius 1 is 0.875 bits per heavy atom. The molecule has 0 unspecified atom stereocenters. The third kappa shape index (κ3) is 11.2. The van der Waals surface area contributed by atoms with Crippen LogP contribution in [0, 0.1) is 6.92 Å². The fraction of sp³-hybridized carbons (Fsp3) is 0.571. The van der Waals surface area contributed by atoms with Crippen LogP contribution in [0.25, 0.3) is 0 Å². The van der Waals surface area contributed by atoms with Gasteiger partial charge in [0.2, 0.25) is 0 Å². The zero-order valence-electron chi connectivity index (χ0n) is 15.9. The van der Waals surface area contributed by atoms with Gasteiger partial charge in [0.15, 0.2) is 5.13 Å². The number of thiazole rings is 1. The summed E-state index contributed by atoms with van der Waals surface area (Å²) in [7, 11) is 4.06. The van der Waals surface area contributed by atoms with Gasteiger partial charge in [0.05, 0.1) is 5.69 Å². The van der Waals surface area contributed by atoms with E-state index in [0.717, 1.165) is 17.2 Å². The van der Waals surface area contributed by atoms with E-state index in [4.69, 9.17) is 0 Å². The Balaban J connectivity index is -0.000000226. The Labute approximate surface area is 157 Å². The van der Waals surface area contributed by atoms with Gasteiger partial charge in [0.1, 0.15) is 0 Å². The second kappa shape index (κ2) is 19.7. The lowest BCUT2D eigenvalue weighted by atomic mass is 10.1. The first-order valence-electron chi connectivity index (χ1n) is 8.34. The third-order valence-corrected chi connectivity index (χ3v) is 3.80. The summed E-state index contributed by atoms with van der Waals surface area (Å²) in [6.45, 7) is 14.1. The van der Waals surface area contributed by atoms with Crippen LogP contribution >= 0.6 is 11.3 Å². The molecule has 0 aliphatic rings. The summed E-state index contributed by atoms with van der Waals surface area (Å²) in [6.07, 6.45) is 0.984. The first-order valence-corrected chi connectivity index (χ1v) is 9.16. The van der Waals surface area contributed by atoms with Gasteiger partial charge in [-0.2, -0.15) is 0 Å². The Kier molecular flexibility index (Phi) is 25.0. The van der Waals surface area contributed by atoms with Gasteiger partial charge in [0, 0.05) is 25.4 Å². The zero-order valence-corrected chi connectivity index (χ0v) is 16.7. The molecule has 0 spiro atoms. The van der Waals surface area contributed by atoms with Crippen molar-refractivity contribution in [2.75, 3.05) is 19.0 Å². The van der Waals surface area contributed by atoms with Crippen LogP contribution in [0.15, 0.2) is 30.3 Å². The van der Waals surface area contributed by atoms with Crippen LogP contribution in [-0.4, -0.2) is 19.1 Å². The molecule has 142 valence electrons. The van der Waals surface area contributed by atoms with Gasteiger partial charge < -0.3 is 4.90 Å². The highest BCUT2D eigenvalue weighted by atomic mass is 32.1. The van der Waals surface area contributed by atoms with Crippen LogP contribution in [0.4, 0.5) is 5.13 Å². The first-order chi connectivity index (χ1) is 10.7. The molecule has 0 amide bonds. The molecule has 2 nitrogen and oxygen atoms in total. The highest BCUT2D eigenvalue weighted by Gasteiger charge is 2.09. The van der Waals surface area contributed by atoms with Crippen molar-refractivity contribution in [1.29, 1.82) is 0 Å². The van der Waals surface area contributed by atoms with Crippen molar-refractivity contribution in [1.82, 2.24) is 4.98 Å². The summed E-state index contributed by atoms with van der Waals surface area (Å²) in [5, 5.41) is 1.09. The van der Waals surface area contributed by atoms with E-state index in [-0.39, 0.29) is 14.9 Å². The van der Waals surface area contributed by atoms with Gasteiger partial charge in [0.25, 0.3) is 0 Å². The van der Waals surface area contributed by atoms with Gasteiger partial charge >= 0.3 is 0 Å². The molecule has 0 N–H and O–H groups in total. The minimum atomic E-state index is 0. The summed E-state index contributed by atoms with van der Waals surface area (Å²) in [4.78, 5) is 7.97. The fourth-order valence-electron chi connectivity index (χ4n) is 1.55. The molecule has 0 aliphatic carbocycles. The van der Waals surface area contributed by atoms with Gasteiger partial charge in [-0.15, -0.1) is 11.3 Å². The van der Waals surface area contributed by atoms with Crippen molar-refractivity contribution >= 4 is 16.5 Å². The van der Waals surface area contributed by atoms with Gasteiger partial charge in [-0.1, -0.05) is 86.7 Å². The standard InChI is InChI=1S/C13H16N2S.3C2H6.2CH4/c1-10-12(16-13(14-10)15(2)3)9-11-7-5-4-6-8-11;3*1-2;;/h4-8H,9H2,1-3H3;3*1-2H3;2*1H4. The maximum Gasteiger partial charge on any atom is 0.185 e. The molecule has 1 aromatic carbocycles. The number of aromatic nitrogens is 1. The number of nitrogens with zero attached hydrogens (tertiary/aromatic N) is 2. The SMILES string of the molecule is C.C.CC.CC.CC.Cc1nc(N(C)C)sc1Cc1ccccc1. The Hall–Kier alpha value is -1.35. The topological polar surface area (TPSA) is 16.1 Å². The van der Waals surface area contributed by atoms with E-state index in [1.54, 1.807) is 11.3 Å². The molecule has 0 bridgehead atoms. The van der Waals surface area contributed by atoms with Crippen molar-refractivity contribution in [2.45, 2.75) is 69.7 Å². The van der Waals surface area contributed by atoms with E-state index >= 15 is 0 Å². The fourth-order valence-corrected chi connectivity index (χ4v) is 2.57. The Morgan fingerprint density at radius 3 is 1.71 bits per heavy atom. The average Bonchev–Trinajstić information content (AvgIpc) is 2.95. The molecule has 2 rings (SSSR count). The summed E-state index contributed by atoms with van der Waals surface area (Å²) < 4.78 is 0. The summed E-state index contributed by atoms with van der Waals surface area (Å²) >= 11 is 1.78. The molecular weight excluding hydrogens is 312 g/mol. The molecule has 0 fully saturated rings. The summed E-state index contributed by atoms with van der Waals surface area (Å²) in [5.41, 5.74) is 2.50. The molecule has 24 heavy (non-hydrogen) atoms. The van der Waals surface area contributed by atoms with Crippen molar-refractivity contribution in [3.05, 3.63) is 46.5 Å². The largest absolute Gasteiger partial charge is 0.354 e. The van der Waals surface area contributed by atoms with Crippen LogP contribution in [0.5, 0.6) is 0 Å². The molecule has 0 aliphatic heterocycles. The zero-order chi connectivity index (χ0) is 17.5. The number of benzene rings is 1. The molecule has 0 radical (unpaired) electrons. The number of hydrogen-bond donors (Lipinski definition) is 0. The lowest BCUT2D eigenvalue weighted by Crippen LogP contribution is -2.07. The van der Waals surface area contributed by atoms with Crippen LogP contribution in [-0.2, 0) is 6.42 Å². The van der Waals surface area contributed by atoms with Gasteiger partial charge in [-0.3, -0.25) is 0 Å². The second-order valence-corrected chi connectivity index (χ2v) is 5.12. The smallest absolute Gasteiger partial charge is 0.185 e. The molecule has 0 atom stereocenters. The quantitative estimate of drug-likeness (QED) is 0.568. The average molecular weight is 355 g/mol. The van der Waals surface area contributed by atoms with Gasteiger partial charge in [-0.05, 0) is 12.5 Å². The van der Waals surface area contributed by atoms with Crippen LogP contribution in [0.2, 0.25) is 0 Å². The molecule has 2 aromatic rings. The van der Waals surface area contributed by atoms with Crippen molar-refractivity contribution in [2.24, 2.45) is 0 Å². The minimum Gasteiger partial charge on any atom is -0.354 e.